The van der Waals surface area contributed by atoms with Gasteiger partial charge in [0.1, 0.15) is 0 Å². The van der Waals surface area contributed by atoms with Crippen LogP contribution < -0.4 is 0 Å². The molecule has 0 spiro atoms. The van der Waals surface area contributed by atoms with Gasteiger partial charge in [-0.3, -0.25) is 0 Å². The molecule has 0 aliphatic heterocycles. The van der Waals surface area contributed by atoms with Crippen LogP contribution in [0.4, 0.5) is 0 Å². The van der Waals surface area contributed by atoms with Crippen LogP contribution in [0.25, 0.3) is 0 Å². The Balaban J connectivity index is 3.02. The van der Waals surface area contributed by atoms with E-state index in [0.717, 1.165) is 0 Å². The molecule has 0 nitrogen and oxygen atoms in total. The molecule has 0 N–H and O–H groups in total. The number of rotatable bonds is 0. The van der Waals surface area contributed by atoms with Crippen LogP contribution in [0.1, 0.15) is 0 Å². The van der Waals surface area contributed by atoms with Crippen molar-refractivity contribution in [3.05, 3.63) is 0 Å². The molecule has 0 unspecified atom stereocenters. The van der Waals surface area contributed by atoms with Crippen LogP contribution in [0, 0.1) is 0 Å². The monoisotopic (exact) mass is 132 g/mol. The molecule has 2 heteroatoms. The summed E-state index contributed by atoms with van der Waals surface area (Å²) in [6.07, 6.45) is 0. The number of hydrogen-bond acceptors (Lipinski definition) is 0. The van der Waals surface area contributed by atoms with Crippen LogP contribution in [0.3, 0.4) is 0 Å². The SMILES string of the molecule is C[Si](C)(C)[Co]. The van der Waals surface area contributed by atoms with Gasteiger partial charge >= 0.3 is 41.5 Å². The van der Waals surface area contributed by atoms with Crippen LogP contribution >= 0.6 is 0 Å². The second-order valence-corrected chi connectivity index (χ2v) is 10.7. The molecule has 0 saturated carbocycles. The van der Waals surface area contributed by atoms with Crippen molar-refractivity contribution in [2.24, 2.45) is 0 Å². The van der Waals surface area contributed by atoms with Gasteiger partial charge in [-0.1, -0.05) is 0 Å². The Morgan fingerprint density at radius 2 is 1.20 bits per heavy atom. The second-order valence-electron chi connectivity index (χ2n) is 2.00. The fourth-order valence-corrected chi connectivity index (χ4v) is 0. The predicted octanol–water partition coefficient (Wildman–Crippen LogP) is 1.37. The van der Waals surface area contributed by atoms with Gasteiger partial charge in [0.05, 0.1) is 0 Å². The van der Waals surface area contributed by atoms with Crippen molar-refractivity contribution in [3.8, 4) is 0 Å². The molecule has 0 rings (SSSR count). The zero-order chi connectivity index (χ0) is 4.50. The van der Waals surface area contributed by atoms with E-state index >= 15 is 0 Å². The first-order chi connectivity index (χ1) is 2.00. The van der Waals surface area contributed by atoms with Crippen LogP contribution in [0.5, 0.6) is 0 Å². The van der Waals surface area contributed by atoms with E-state index in [-0.39, 0.29) is 0 Å². The third kappa shape index (κ3) is 66.9. The average molecular weight is 132 g/mol. The van der Waals surface area contributed by atoms with Gasteiger partial charge in [-0.2, -0.15) is 0 Å². The molecule has 0 aromatic rings. The topological polar surface area (TPSA) is 0 Å². The minimum absolute atomic E-state index is 0.924. The molecule has 0 aromatic carbocycles. The summed E-state index contributed by atoms with van der Waals surface area (Å²) in [6, 6.07) is 0. The van der Waals surface area contributed by atoms with Gasteiger partial charge in [0.25, 0.3) is 0 Å². The quantitative estimate of drug-likeness (QED) is 0.436. The van der Waals surface area contributed by atoms with Gasteiger partial charge in [-0.25, -0.2) is 0 Å². The van der Waals surface area contributed by atoms with Crippen LogP contribution in [-0.2, 0) is 15.1 Å². The van der Waals surface area contributed by atoms with Crippen molar-refractivity contribution in [1.82, 2.24) is 0 Å². The molecule has 5 heavy (non-hydrogen) atoms. The van der Waals surface area contributed by atoms with Crippen molar-refractivity contribution in [1.29, 1.82) is 0 Å². The van der Waals surface area contributed by atoms with Crippen LogP contribution in [0.2, 0.25) is 19.6 Å². The molecule has 34 valence electrons. The normalized spacial score (nSPS) is 12.2. The van der Waals surface area contributed by atoms with Crippen molar-refractivity contribution >= 4 is 6.72 Å². The summed E-state index contributed by atoms with van der Waals surface area (Å²) in [5.74, 6) is 0. The van der Waals surface area contributed by atoms with Crippen molar-refractivity contribution in [2.45, 2.75) is 19.6 Å². The molecule has 0 saturated heterocycles. The molecule has 0 aliphatic rings. The first-order valence-corrected chi connectivity index (χ1v) is 6.56. The van der Waals surface area contributed by atoms with Crippen LogP contribution in [-0.4, -0.2) is 6.72 Å². The van der Waals surface area contributed by atoms with E-state index in [9.17, 15) is 0 Å². The maximum absolute atomic E-state index is 4.31. The number of hydrogen-bond donors (Lipinski definition) is 0. The molecule has 0 radical (unpaired) electrons. The molecule has 0 bridgehead atoms. The Hall–Kier alpha value is 0.723. The third-order valence-corrected chi connectivity index (χ3v) is 0. The summed E-state index contributed by atoms with van der Waals surface area (Å²) in [6.45, 7) is 5.64. The van der Waals surface area contributed by atoms with Gasteiger partial charge in [0, 0.05) is 0 Å². The fraction of sp³-hybridized carbons (Fsp3) is 1.00. The summed E-state index contributed by atoms with van der Waals surface area (Å²) in [4.78, 5) is 0. The zero-order valence-corrected chi connectivity index (χ0v) is 5.87. The van der Waals surface area contributed by atoms with E-state index in [1.807, 2.05) is 0 Å². The van der Waals surface area contributed by atoms with Gasteiger partial charge in [-0.05, 0) is 0 Å². The molecule has 0 aliphatic carbocycles. The van der Waals surface area contributed by atoms with Crippen molar-refractivity contribution < 1.29 is 15.1 Å². The Morgan fingerprint density at radius 1 is 1.20 bits per heavy atom. The Labute approximate surface area is 42.0 Å². The molecule has 0 heterocycles. The van der Waals surface area contributed by atoms with E-state index in [1.165, 1.54) is 0 Å². The Morgan fingerprint density at radius 3 is 1.20 bits per heavy atom. The third-order valence-electron chi connectivity index (χ3n) is 0. The van der Waals surface area contributed by atoms with Gasteiger partial charge in [0.2, 0.25) is 0 Å². The molecule has 0 atom stereocenters. The molecule has 0 amide bonds. The molecule has 0 fully saturated rings. The second kappa shape index (κ2) is 1.45. The van der Waals surface area contributed by atoms with E-state index in [1.54, 1.807) is 0 Å². The predicted molar refractivity (Wildman–Crippen MR) is 23.3 cm³/mol. The zero-order valence-electron chi connectivity index (χ0n) is 3.83. The first-order valence-electron chi connectivity index (χ1n) is 1.67. The van der Waals surface area contributed by atoms with Gasteiger partial charge < -0.3 is 0 Å². The van der Waals surface area contributed by atoms with Gasteiger partial charge in [0.15, 0.2) is 0 Å². The van der Waals surface area contributed by atoms with E-state index < -0.39 is 6.72 Å². The Kier molecular flexibility index (Phi) is 1.66. The Bertz CT molecular complexity index is 22.4. The summed E-state index contributed by atoms with van der Waals surface area (Å²) in [5.41, 5.74) is 0. The summed E-state index contributed by atoms with van der Waals surface area (Å²) in [5, 5.41) is 0. The molecule has 0 aromatic heterocycles. The standard InChI is InChI=1S/C3H9Si.Co/c1-4(2)3;/h1-3H3;. The van der Waals surface area contributed by atoms with E-state index in [2.05, 4.69) is 34.7 Å². The summed E-state index contributed by atoms with van der Waals surface area (Å²) >= 11 is 4.31. The average Bonchev–Trinajstić information content (AvgIpc) is 0.722. The van der Waals surface area contributed by atoms with Crippen molar-refractivity contribution in [2.75, 3.05) is 0 Å². The van der Waals surface area contributed by atoms with Crippen molar-refractivity contribution in [3.63, 3.8) is 0 Å². The van der Waals surface area contributed by atoms with Crippen LogP contribution in [0.15, 0.2) is 0 Å². The fourth-order valence-electron chi connectivity index (χ4n) is 0. The maximum atomic E-state index is 4.31. The minimum atomic E-state index is -0.924. The summed E-state index contributed by atoms with van der Waals surface area (Å²) in [7, 11) is 0. The van der Waals surface area contributed by atoms with Gasteiger partial charge in [-0.15, -0.1) is 0 Å². The van der Waals surface area contributed by atoms with E-state index in [0.29, 0.717) is 0 Å². The molecular formula is C3H9CoSi. The first kappa shape index (κ1) is 5.72. The summed E-state index contributed by atoms with van der Waals surface area (Å²) < 4.78 is 0. The van der Waals surface area contributed by atoms with E-state index in [4.69, 9.17) is 0 Å². The molecular weight excluding hydrogens is 123 g/mol.